The molecule has 4 atom stereocenters. The summed E-state index contributed by atoms with van der Waals surface area (Å²) < 4.78 is 10.9. The summed E-state index contributed by atoms with van der Waals surface area (Å²) in [5.41, 5.74) is -4.26. The molecule has 0 aliphatic heterocycles. The average Bonchev–Trinajstić information content (AvgIpc) is 2.98. The zero-order valence-electron chi connectivity index (χ0n) is 31.3. The first-order valence-electron chi connectivity index (χ1n) is 18.1. The summed E-state index contributed by atoms with van der Waals surface area (Å²) in [6.45, 7) is 11.8. The third-order valence-electron chi connectivity index (χ3n) is 8.00. The molecule has 5 N–H and O–H groups in total. The molecule has 0 fully saturated rings. The summed E-state index contributed by atoms with van der Waals surface area (Å²) in [4.78, 5) is 52.7. The second kappa shape index (κ2) is 21.7. The molecular formula is C39H63NO10. The number of nitrogens with one attached hydrogen (secondary N) is 1. The van der Waals surface area contributed by atoms with Gasteiger partial charge in [-0.3, -0.25) is 9.59 Å². The number of unbranched alkanes of at least 4 members (excludes halogenated alkanes) is 8. The standard InChI is InChI=1S/C39H63NO10/c1-8-9-10-13-16-19-29(41)20-17-14-11-12-15-18-21-31(34(44)40-32(35(45)46)26-28-22-24-30(42)25-23-28)39(48,36(47)50-38(5,6)7)27-33(43)49-37(2,3)4/h18,21-25,29,31-32,41-42,48H,8-17,19-20,26-27H2,1-7H3,(H,40,44)(H,45,46)/b21-18+/t29?,31-,32+,39+/m1/s1. The quantitative estimate of drug-likeness (QED) is 0.0477. The number of allylic oxidation sites excluding steroid dienone is 1. The molecule has 0 saturated heterocycles. The molecule has 0 bridgehead atoms. The number of carbonyl (C=O) groups is 4. The normalized spacial score (nSPS) is 15.1. The van der Waals surface area contributed by atoms with Crippen molar-refractivity contribution in [1.82, 2.24) is 5.32 Å². The van der Waals surface area contributed by atoms with E-state index in [1.807, 2.05) is 0 Å². The molecule has 1 aromatic rings. The lowest BCUT2D eigenvalue weighted by atomic mass is 9.82. The van der Waals surface area contributed by atoms with Gasteiger partial charge in [-0.2, -0.15) is 0 Å². The number of esters is 2. The minimum Gasteiger partial charge on any atom is -0.508 e. The van der Waals surface area contributed by atoms with E-state index in [4.69, 9.17) is 9.47 Å². The number of aliphatic hydroxyl groups excluding tert-OH is 1. The lowest BCUT2D eigenvalue weighted by Gasteiger charge is -2.35. The smallest absolute Gasteiger partial charge is 0.340 e. The molecule has 284 valence electrons. The Morgan fingerprint density at radius 1 is 0.820 bits per heavy atom. The molecule has 0 saturated carbocycles. The van der Waals surface area contributed by atoms with Gasteiger partial charge in [-0.1, -0.05) is 82.6 Å². The second-order valence-corrected chi connectivity index (χ2v) is 15.2. The van der Waals surface area contributed by atoms with Crippen LogP contribution >= 0.6 is 0 Å². The highest BCUT2D eigenvalue weighted by Crippen LogP contribution is 2.30. The molecule has 1 aromatic carbocycles. The molecule has 0 spiro atoms. The first-order chi connectivity index (χ1) is 23.3. The highest BCUT2D eigenvalue weighted by Gasteiger charge is 2.51. The Bertz CT molecular complexity index is 1210. The third-order valence-corrected chi connectivity index (χ3v) is 8.00. The predicted octanol–water partition coefficient (Wildman–Crippen LogP) is 6.54. The molecule has 1 unspecified atom stereocenters. The van der Waals surface area contributed by atoms with Crippen molar-refractivity contribution in [3.8, 4) is 5.75 Å². The Kier molecular flexibility index (Phi) is 19.4. The van der Waals surface area contributed by atoms with Gasteiger partial charge in [-0.15, -0.1) is 0 Å². The number of hydrogen-bond acceptors (Lipinski definition) is 9. The molecule has 1 rings (SSSR count). The fourth-order valence-corrected chi connectivity index (χ4v) is 5.42. The van der Waals surface area contributed by atoms with Gasteiger partial charge in [0, 0.05) is 6.42 Å². The monoisotopic (exact) mass is 705 g/mol. The molecule has 1 amide bonds. The zero-order chi connectivity index (χ0) is 38.0. The van der Waals surface area contributed by atoms with Crippen molar-refractivity contribution >= 4 is 23.8 Å². The van der Waals surface area contributed by atoms with Crippen LogP contribution in [0.1, 0.15) is 138 Å². The van der Waals surface area contributed by atoms with Crippen LogP contribution in [0.25, 0.3) is 0 Å². The molecule has 0 aliphatic carbocycles. The Balaban J connectivity index is 3.17. The summed E-state index contributed by atoms with van der Waals surface area (Å²) in [5, 5.41) is 44.2. The number of carboxylic acid groups (broad SMARTS) is 1. The van der Waals surface area contributed by atoms with Crippen LogP contribution in [0.3, 0.4) is 0 Å². The Morgan fingerprint density at radius 2 is 1.36 bits per heavy atom. The van der Waals surface area contributed by atoms with E-state index in [2.05, 4.69) is 12.2 Å². The second-order valence-electron chi connectivity index (χ2n) is 15.2. The van der Waals surface area contributed by atoms with E-state index in [0.717, 1.165) is 51.4 Å². The summed E-state index contributed by atoms with van der Waals surface area (Å²) >= 11 is 0. The van der Waals surface area contributed by atoms with Gasteiger partial charge < -0.3 is 35.2 Å². The van der Waals surface area contributed by atoms with Crippen LogP contribution in [0.15, 0.2) is 36.4 Å². The van der Waals surface area contributed by atoms with Crippen LogP contribution in [0.5, 0.6) is 5.75 Å². The van der Waals surface area contributed by atoms with E-state index in [9.17, 15) is 39.6 Å². The van der Waals surface area contributed by atoms with Gasteiger partial charge in [0.25, 0.3) is 0 Å². The van der Waals surface area contributed by atoms with Crippen molar-refractivity contribution < 1.29 is 49.1 Å². The van der Waals surface area contributed by atoms with Crippen molar-refractivity contribution in [3.05, 3.63) is 42.0 Å². The number of aliphatic hydroxyl groups is 2. The lowest BCUT2D eigenvalue weighted by Crippen LogP contribution is -2.57. The lowest BCUT2D eigenvalue weighted by molar-refractivity contribution is -0.190. The number of rotatable bonds is 23. The summed E-state index contributed by atoms with van der Waals surface area (Å²) in [6, 6.07) is 4.36. The number of carbonyl (C=O) groups excluding carboxylic acids is 3. The van der Waals surface area contributed by atoms with Crippen LogP contribution in [0.4, 0.5) is 0 Å². The van der Waals surface area contributed by atoms with Crippen molar-refractivity contribution in [2.75, 3.05) is 0 Å². The van der Waals surface area contributed by atoms with Crippen LogP contribution in [0.2, 0.25) is 0 Å². The molecule has 11 heteroatoms. The van der Waals surface area contributed by atoms with Crippen LogP contribution in [-0.2, 0) is 35.1 Å². The number of aliphatic carboxylic acids is 1. The van der Waals surface area contributed by atoms with E-state index >= 15 is 0 Å². The molecule has 0 radical (unpaired) electrons. The first kappa shape index (κ1) is 44.6. The first-order valence-corrected chi connectivity index (χ1v) is 18.1. The minimum atomic E-state index is -2.73. The maximum Gasteiger partial charge on any atom is 0.340 e. The number of ether oxygens (including phenoxy) is 2. The van der Waals surface area contributed by atoms with Gasteiger partial charge in [-0.05, 0) is 84.9 Å². The van der Waals surface area contributed by atoms with Gasteiger partial charge in [0.05, 0.1) is 18.4 Å². The number of hydrogen-bond donors (Lipinski definition) is 5. The maximum atomic E-state index is 13.9. The summed E-state index contributed by atoms with van der Waals surface area (Å²) in [6.07, 6.45) is 12.8. The topological polar surface area (TPSA) is 180 Å². The van der Waals surface area contributed by atoms with Crippen LogP contribution < -0.4 is 5.32 Å². The average molecular weight is 706 g/mol. The summed E-state index contributed by atoms with van der Waals surface area (Å²) in [7, 11) is 0. The number of phenols is 1. The molecule has 0 aliphatic rings. The molecule has 0 heterocycles. The van der Waals surface area contributed by atoms with Crippen molar-refractivity contribution in [3.63, 3.8) is 0 Å². The van der Waals surface area contributed by atoms with E-state index < -0.39 is 59.0 Å². The van der Waals surface area contributed by atoms with Gasteiger partial charge in [0.2, 0.25) is 5.91 Å². The molecule has 50 heavy (non-hydrogen) atoms. The number of amides is 1. The van der Waals surface area contributed by atoms with Crippen LogP contribution in [-0.4, -0.2) is 73.2 Å². The minimum absolute atomic E-state index is 0.00909. The maximum absolute atomic E-state index is 13.9. The van der Waals surface area contributed by atoms with Crippen molar-refractivity contribution in [2.24, 2.45) is 5.92 Å². The van der Waals surface area contributed by atoms with Gasteiger partial charge >= 0.3 is 17.9 Å². The van der Waals surface area contributed by atoms with E-state index in [-0.39, 0.29) is 18.3 Å². The molecule has 0 aromatic heterocycles. The molecular weight excluding hydrogens is 642 g/mol. The number of phenolic OH excluding ortho intramolecular Hbond substituents is 1. The van der Waals surface area contributed by atoms with Gasteiger partial charge in [-0.25, -0.2) is 9.59 Å². The number of benzene rings is 1. The molecule has 11 nitrogen and oxygen atoms in total. The van der Waals surface area contributed by atoms with Gasteiger partial charge in [0.15, 0.2) is 5.60 Å². The SMILES string of the molecule is CCCCCCCC(O)CCCCCC/C=C/[C@H](C(=O)N[C@@H](Cc1ccc(O)cc1)C(=O)O)[C@@](O)(CC(=O)OC(C)(C)C)C(=O)OC(C)(C)C. The van der Waals surface area contributed by atoms with E-state index in [1.54, 1.807) is 47.6 Å². The van der Waals surface area contributed by atoms with E-state index in [1.165, 1.54) is 49.6 Å². The highest BCUT2D eigenvalue weighted by molar-refractivity contribution is 5.95. The zero-order valence-corrected chi connectivity index (χ0v) is 31.3. The van der Waals surface area contributed by atoms with Crippen molar-refractivity contribution in [1.29, 1.82) is 0 Å². The fraction of sp³-hybridized carbons (Fsp3) is 0.692. The number of aromatic hydroxyl groups is 1. The summed E-state index contributed by atoms with van der Waals surface area (Å²) in [5.74, 6) is -6.24. The van der Waals surface area contributed by atoms with E-state index in [0.29, 0.717) is 12.0 Å². The Labute approximate surface area is 298 Å². The fourth-order valence-electron chi connectivity index (χ4n) is 5.42. The largest absolute Gasteiger partial charge is 0.508 e. The number of carboxylic acids is 1. The third kappa shape index (κ3) is 18.5. The van der Waals surface area contributed by atoms with Crippen LogP contribution in [0, 0.1) is 5.92 Å². The Morgan fingerprint density at radius 3 is 1.88 bits per heavy atom. The predicted molar refractivity (Wildman–Crippen MR) is 192 cm³/mol. The van der Waals surface area contributed by atoms with Gasteiger partial charge in [0.1, 0.15) is 23.0 Å². The van der Waals surface area contributed by atoms with Crippen molar-refractivity contribution in [2.45, 2.75) is 167 Å². The highest BCUT2D eigenvalue weighted by atomic mass is 16.6. The Hall–Kier alpha value is -3.44.